The number of benzene rings is 1. The topological polar surface area (TPSA) is 68.3 Å². The highest BCUT2D eigenvalue weighted by Gasteiger charge is 2.36. The van der Waals surface area contributed by atoms with Crippen molar-refractivity contribution in [3.05, 3.63) is 28.7 Å². The first-order chi connectivity index (χ1) is 12.1. The molecule has 0 aromatic heterocycles. The van der Waals surface area contributed by atoms with Crippen LogP contribution in [0.4, 0.5) is 4.79 Å². The van der Waals surface area contributed by atoms with Gasteiger partial charge < -0.3 is 14.2 Å². The lowest BCUT2D eigenvalue weighted by atomic mass is 10.1. The smallest absolute Gasteiger partial charge is 0.294 e. The Balaban J connectivity index is 1.80. The van der Waals surface area contributed by atoms with E-state index in [-0.39, 0.29) is 11.1 Å². The number of hydrogen-bond acceptors (Lipinski definition) is 7. The van der Waals surface area contributed by atoms with E-state index in [0.717, 1.165) is 11.8 Å². The van der Waals surface area contributed by atoms with Crippen LogP contribution in [0.5, 0.6) is 11.5 Å². The molecule has 0 N–H and O–H groups in total. The first kappa shape index (κ1) is 17.8. The Morgan fingerprint density at radius 2 is 1.96 bits per heavy atom. The minimum Gasteiger partial charge on any atom is -0.497 e. The second-order valence-corrected chi connectivity index (χ2v) is 6.58. The number of nitrogens with zero attached hydrogens (tertiary/aromatic N) is 2. The number of ether oxygens (including phenoxy) is 3. The first-order valence-electron chi connectivity index (χ1n) is 7.90. The van der Waals surface area contributed by atoms with Gasteiger partial charge >= 0.3 is 0 Å². The fourth-order valence-corrected chi connectivity index (χ4v) is 3.48. The molecule has 0 aliphatic carbocycles. The van der Waals surface area contributed by atoms with Crippen molar-refractivity contribution < 1.29 is 23.8 Å². The lowest BCUT2D eigenvalue weighted by Crippen LogP contribution is -2.45. The van der Waals surface area contributed by atoms with Gasteiger partial charge in [-0.2, -0.15) is 0 Å². The van der Waals surface area contributed by atoms with Gasteiger partial charge in [0.2, 0.25) is 0 Å². The van der Waals surface area contributed by atoms with Gasteiger partial charge in [0.1, 0.15) is 11.5 Å². The molecule has 0 unspecified atom stereocenters. The van der Waals surface area contributed by atoms with Crippen LogP contribution in [-0.2, 0) is 9.53 Å². The number of amides is 2. The van der Waals surface area contributed by atoms with Crippen molar-refractivity contribution in [2.24, 2.45) is 0 Å². The maximum Gasteiger partial charge on any atom is 0.294 e. The van der Waals surface area contributed by atoms with Crippen LogP contribution in [0.15, 0.2) is 23.1 Å². The van der Waals surface area contributed by atoms with Crippen molar-refractivity contribution in [1.29, 1.82) is 0 Å². The predicted octanol–water partition coefficient (Wildman–Crippen LogP) is 2.03. The molecule has 134 valence electrons. The van der Waals surface area contributed by atoms with Crippen LogP contribution in [0.3, 0.4) is 0 Å². The molecule has 2 aliphatic rings. The molecule has 2 heterocycles. The van der Waals surface area contributed by atoms with Crippen molar-refractivity contribution >= 4 is 29.0 Å². The number of imide groups is 1. The number of rotatable bonds is 5. The van der Waals surface area contributed by atoms with Crippen LogP contribution in [0, 0.1) is 0 Å². The SMILES string of the molecule is COc1ccc(OC)c(/C=C2/SC(=O)N(CN3CCOCC3)C2=O)c1. The number of methoxy groups -OCH3 is 2. The van der Waals surface area contributed by atoms with Gasteiger partial charge in [0.05, 0.1) is 39.0 Å². The van der Waals surface area contributed by atoms with Crippen molar-refractivity contribution in [2.45, 2.75) is 0 Å². The molecule has 0 radical (unpaired) electrons. The number of carbonyl (C=O) groups excluding carboxylic acids is 2. The maximum absolute atomic E-state index is 12.6. The Hall–Kier alpha value is -2.03. The van der Waals surface area contributed by atoms with Crippen LogP contribution in [0.25, 0.3) is 6.08 Å². The molecule has 2 fully saturated rings. The quantitative estimate of drug-likeness (QED) is 0.741. The average molecular weight is 364 g/mol. The summed E-state index contributed by atoms with van der Waals surface area (Å²) in [5.74, 6) is 0.978. The van der Waals surface area contributed by atoms with Crippen LogP contribution in [-0.4, -0.2) is 68.1 Å². The molecule has 1 aromatic rings. The summed E-state index contributed by atoms with van der Waals surface area (Å²) in [5, 5.41) is -0.260. The number of thioether (sulfide) groups is 1. The lowest BCUT2D eigenvalue weighted by Gasteiger charge is -2.29. The molecule has 3 rings (SSSR count). The first-order valence-corrected chi connectivity index (χ1v) is 8.71. The highest BCUT2D eigenvalue weighted by atomic mass is 32.2. The fraction of sp³-hybridized carbons (Fsp3) is 0.412. The molecule has 7 nitrogen and oxygen atoms in total. The van der Waals surface area contributed by atoms with Crippen molar-refractivity contribution in [2.75, 3.05) is 47.2 Å². The monoisotopic (exact) mass is 364 g/mol. The third-order valence-electron chi connectivity index (χ3n) is 4.04. The maximum atomic E-state index is 12.6. The number of carbonyl (C=O) groups is 2. The Morgan fingerprint density at radius 3 is 2.64 bits per heavy atom. The molecule has 0 saturated carbocycles. The summed E-state index contributed by atoms with van der Waals surface area (Å²) in [6.45, 7) is 2.95. The van der Waals surface area contributed by atoms with Crippen LogP contribution >= 0.6 is 11.8 Å². The number of hydrogen-bond donors (Lipinski definition) is 0. The molecule has 1 aromatic carbocycles. The van der Waals surface area contributed by atoms with E-state index in [9.17, 15) is 9.59 Å². The summed E-state index contributed by atoms with van der Waals surface area (Å²) in [5.41, 5.74) is 0.693. The summed E-state index contributed by atoms with van der Waals surface area (Å²) in [6, 6.07) is 5.32. The van der Waals surface area contributed by atoms with Gasteiger partial charge in [0.15, 0.2) is 0 Å². The third-order valence-corrected chi connectivity index (χ3v) is 4.95. The normalized spacial score (nSPS) is 20.4. The zero-order valence-electron chi connectivity index (χ0n) is 14.2. The third kappa shape index (κ3) is 3.97. The predicted molar refractivity (Wildman–Crippen MR) is 94.6 cm³/mol. The van der Waals surface area contributed by atoms with Crippen molar-refractivity contribution in [3.8, 4) is 11.5 Å². The minimum absolute atomic E-state index is 0.260. The minimum atomic E-state index is -0.286. The van der Waals surface area contributed by atoms with Crippen LogP contribution in [0.1, 0.15) is 5.56 Å². The highest BCUT2D eigenvalue weighted by molar-refractivity contribution is 8.18. The zero-order chi connectivity index (χ0) is 17.8. The molecule has 2 aliphatic heterocycles. The summed E-state index contributed by atoms with van der Waals surface area (Å²) < 4.78 is 15.8. The molecule has 25 heavy (non-hydrogen) atoms. The summed E-state index contributed by atoms with van der Waals surface area (Å²) in [7, 11) is 3.13. The largest absolute Gasteiger partial charge is 0.497 e. The molecule has 2 saturated heterocycles. The van der Waals surface area contributed by atoms with Crippen LogP contribution < -0.4 is 9.47 Å². The van der Waals surface area contributed by atoms with Crippen molar-refractivity contribution in [1.82, 2.24) is 9.80 Å². The Kier molecular flexibility index (Phi) is 5.62. The highest BCUT2D eigenvalue weighted by Crippen LogP contribution is 2.35. The van der Waals surface area contributed by atoms with Crippen LogP contribution in [0.2, 0.25) is 0 Å². The van der Waals surface area contributed by atoms with Crippen molar-refractivity contribution in [3.63, 3.8) is 0 Å². The lowest BCUT2D eigenvalue weighted by molar-refractivity contribution is -0.125. The van der Waals surface area contributed by atoms with Gasteiger partial charge in [-0.3, -0.25) is 19.4 Å². The van der Waals surface area contributed by atoms with Gasteiger partial charge in [-0.25, -0.2) is 0 Å². The molecular formula is C17H20N2O5S. The second-order valence-electron chi connectivity index (χ2n) is 5.59. The second kappa shape index (κ2) is 7.90. The van der Waals surface area contributed by atoms with E-state index < -0.39 is 0 Å². The van der Waals surface area contributed by atoms with E-state index in [1.165, 1.54) is 4.90 Å². The zero-order valence-corrected chi connectivity index (χ0v) is 15.0. The fourth-order valence-electron chi connectivity index (χ4n) is 2.66. The van der Waals surface area contributed by atoms with Gasteiger partial charge in [-0.05, 0) is 36.0 Å². The standard InChI is InChI=1S/C17H20N2O5S/c1-22-13-3-4-14(23-2)12(9-13)10-15-16(20)19(17(21)25-15)11-18-5-7-24-8-6-18/h3-4,9-10H,5-8,11H2,1-2H3/b15-10+. The summed E-state index contributed by atoms with van der Waals surface area (Å²) in [6.07, 6.45) is 1.67. The molecule has 0 atom stereocenters. The Morgan fingerprint density at radius 1 is 1.20 bits per heavy atom. The Labute approximate surface area is 150 Å². The van der Waals surface area contributed by atoms with Gasteiger partial charge in [0.25, 0.3) is 11.1 Å². The van der Waals surface area contributed by atoms with Gasteiger partial charge in [-0.1, -0.05) is 0 Å². The molecule has 0 bridgehead atoms. The van der Waals surface area contributed by atoms with E-state index in [4.69, 9.17) is 14.2 Å². The van der Waals surface area contributed by atoms with E-state index in [2.05, 4.69) is 0 Å². The van der Waals surface area contributed by atoms with Gasteiger partial charge in [-0.15, -0.1) is 0 Å². The van der Waals surface area contributed by atoms with E-state index >= 15 is 0 Å². The molecule has 0 spiro atoms. The van der Waals surface area contributed by atoms with E-state index in [1.54, 1.807) is 38.5 Å². The Bertz CT molecular complexity index is 700. The van der Waals surface area contributed by atoms with E-state index in [0.29, 0.717) is 54.9 Å². The summed E-state index contributed by atoms with van der Waals surface area (Å²) in [4.78, 5) is 28.6. The van der Waals surface area contributed by atoms with E-state index in [1.807, 2.05) is 4.90 Å². The molecular weight excluding hydrogens is 344 g/mol. The average Bonchev–Trinajstić information content (AvgIpc) is 2.90. The molecule has 8 heteroatoms. The number of morpholine rings is 1. The molecule has 2 amide bonds. The summed E-state index contributed by atoms with van der Waals surface area (Å²) >= 11 is 0.942. The van der Waals surface area contributed by atoms with Gasteiger partial charge in [0, 0.05) is 18.7 Å².